The van der Waals surface area contributed by atoms with Crippen LogP contribution in [0, 0.1) is 0 Å². The smallest absolute Gasteiger partial charge is 0.253 e. The normalized spacial score (nSPS) is 11.6. The third kappa shape index (κ3) is 4.92. The number of aromatic amines is 1. The number of benzene rings is 2. The minimum Gasteiger partial charge on any atom is -0.492 e. The van der Waals surface area contributed by atoms with Gasteiger partial charge in [-0.05, 0) is 24.6 Å². The highest BCUT2D eigenvalue weighted by Gasteiger charge is 2.24. The number of carbonyl (C=O) groups excluding carboxylic acids is 1. The molecule has 1 heterocycles. The van der Waals surface area contributed by atoms with E-state index in [1.165, 1.54) is 6.07 Å². The van der Waals surface area contributed by atoms with E-state index in [-0.39, 0.29) is 22.4 Å². The number of ether oxygens (including phenoxy) is 1. The first-order chi connectivity index (χ1) is 13.6. The molecular weight excluding hydrogens is 376 g/mol. The van der Waals surface area contributed by atoms with Crippen LogP contribution in [0.25, 0.3) is 0 Å². The van der Waals surface area contributed by atoms with E-state index in [0.717, 1.165) is 17.3 Å². The first-order valence-electron chi connectivity index (χ1n) is 8.68. The lowest BCUT2D eigenvalue weighted by Gasteiger charge is -2.18. The van der Waals surface area contributed by atoms with Gasteiger partial charge in [-0.15, -0.1) is 0 Å². The number of para-hydroxylation sites is 2. The van der Waals surface area contributed by atoms with Crippen LogP contribution in [0.4, 0.5) is 11.5 Å². The summed E-state index contributed by atoms with van der Waals surface area (Å²) in [6.07, 6.45) is 0. The van der Waals surface area contributed by atoms with Crippen molar-refractivity contribution in [1.29, 1.82) is 0 Å². The molecule has 1 aromatic heterocycles. The standard InChI is InChI=1S/C20H20N4O3S/c1-2-27-15-11-7-6-10-14(15)22-19(26)18(13-8-4-3-5-9-13)28-20-23-16(21)12-17(25)24-20/h3-12,18H,2H2,1H3,(H,22,26)(H3,21,23,24,25)/t18-/m1/s1. The van der Waals surface area contributed by atoms with Crippen molar-refractivity contribution < 1.29 is 9.53 Å². The quantitative estimate of drug-likeness (QED) is 0.418. The predicted molar refractivity (Wildman–Crippen MR) is 111 cm³/mol. The largest absolute Gasteiger partial charge is 0.492 e. The number of nitrogens with one attached hydrogen (secondary N) is 2. The van der Waals surface area contributed by atoms with Crippen LogP contribution in [-0.4, -0.2) is 22.5 Å². The molecule has 0 aliphatic rings. The third-order valence-corrected chi connectivity index (χ3v) is 4.89. The zero-order valence-corrected chi connectivity index (χ0v) is 16.0. The Morgan fingerprint density at radius 2 is 1.93 bits per heavy atom. The maximum absolute atomic E-state index is 13.1. The molecular formula is C20H20N4O3S. The van der Waals surface area contributed by atoms with E-state index in [1.54, 1.807) is 12.1 Å². The van der Waals surface area contributed by atoms with Crippen LogP contribution in [0.15, 0.2) is 70.6 Å². The van der Waals surface area contributed by atoms with Crippen molar-refractivity contribution in [3.63, 3.8) is 0 Å². The van der Waals surface area contributed by atoms with Crippen LogP contribution >= 0.6 is 11.8 Å². The van der Waals surface area contributed by atoms with Crippen molar-refractivity contribution in [3.05, 3.63) is 76.6 Å². The fourth-order valence-electron chi connectivity index (χ4n) is 2.57. The molecule has 3 aromatic rings. The van der Waals surface area contributed by atoms with Crippen LogP contribution in [-0.2, 0) is 4.79 Å². The van der Waals surface area contributed by atoms with Crippen molar-refractivity contribution in [2.75, 3.05) is 17.7 Å². The number of rotatable bonds is 7. The average molecular weight is 396 g/mol. The predicted octanol–water partition coefficient (Wildman–Crippen LogP) is 3.22. The van der Waals surface area contributed by atoms with E-state index in [0.29, 0.717) is 18.0 Å². The van der Waals surface area contributed by atoms with Gasteiger partial charge >= 0.3 is 0 Å². The number of H-pyrrole nitrogens is 1. The van der Waals surface area contributed by atoms with Gasteiger partial charge in [-0.1, -0.05) is 54.2 Å². The molecule has 0 aliphatic heterocycles. The molecule has 144 valence electrons. The minimum atomic E-state index is -0.652. The Bertz CT molecular complexity index is 1010. The summed E-state index contributed by atoms with van der Waals surface area (Å²) in [7, 11) is 0. The molecule has 0 radical (unpaired) electrons. The molecule has 4 N–H and O–H groups in total. The van der Waals surface area contributed by atoms with Crippen LogP contribution < -0.4 is 21.3 Å². The Morgan fingerprint density at radius 3 is 2.64 bits per heavy atom. The number of aromatic nitrogens is 2. The first kappa shape index (κ1) is 19.5. The van der Waals surface area contributed by atoms with E-state index in [4.69, 9.17) is 10.5 Å². The van der Waals surface area contributed by atoms with Gasteiger partial charge in [0.15, 0.2) is 5.16 Å². The number of thioether (sulfide) groups is 1. The number of carbonyl (C=O) groups is 1. The maximum atomic E-state index is 13.1. The van der Waals surface area contributed by atoms with Crippen molar-refractivity contribution in [3.8, 4) is 5.75 Å². The summed E-state index contributed by atoms with van der Waals surface area (Å²) in [5.74, 6) is 0.416. The Kier molecular flexibility index (Phi) is 6.33. The topological polar surface area (TPSA) is 110 Å². The second-order valence-electron chi connectivity index (χ2n) is 5.80. The van der Waals surface area contributed by atoms with Crippen LogP contribution in [0.2, 0.25) is 0 Å². The van der Waals surface area contributed by atoms with Gasteiger partial charge in [0.05, 0.1) is 12.3 Å². The summed E-state index contributed by atoms with van der Waals surface area (Å²) in [6, 6.07) is 17.7. The van der Waals surface area contributed by atoms with Crippen LogP contribution in [0.1, 0.15) is 17.7 Å². The molecule has 0 saturated heterocycles. The Morgan fingerprint density at radius 1 is 1.21 bits per heavy atom. The molecule has 2 aromatic carbocycles. The van der Waals surface area contributed by atoms with E-state index in [9.17, 15) is 9.59 Å². The summed E-state index contributed by atoms with van der Waals surface area (Å²) >= 11 is 1.12. The number of hydrogen-bond donors (Lipinski definition) is 3. The fourth-order valence-corrected chi connectivity index (χ4v) is 3.57. The van der Waals surface area contributed by atoms with Gasteiger partial charge in [0.25, 0.3) is 5.56 Å². The first-order valence-corrected chi connectivity index (χ1v) is 9.56. The molecule has 0 aliphatic carbocycles. The summed E-state index contributed by atoms with van der Waals surface area (Å²) in [5, 5.41) is 2.53. The third-order valence-electron chi connectivity index (χ3n) is 3.75. The molecule has 8 heteroatoms. The van der Waals surface area contributed by atoms with Crippen molar-refractivity contribution in [2.45, 2.75) is 17.3 Å². The molecule has 1 atom stereocenters. The molecule has 28 heavy (non-hydrogen) atoms. The van der Waals surface area contributed by atoms with E-state index in [1.807, 2.05) is 49.4 Å². The second-order valence-corrected chi connectivity index (χ2v) is 6.90. The molecule has 0 unspecified atom stereocenters. The molecule has 3 rings (SSSR count). The van der Waals surface area contributed by atoms with Gasteiger partial charge in [0.2, 0.25) is 5.91 Å². The van der Waals surface area contributed by atoms with Gasteiger partial charge in [-0.25, -0.2) is 4.98 Å². The van der Waals surface area contributed by atoms with Crippen LogP contribution in [0.5, 0.6) is 5.75 Å². The highest BCUT2D eigenvalue weighted by Crippen LogP contribution is 2.35. The monoisotopic (exact) mass is 396 g/mol. The minimum absolute atomic E-state index is 0.0974. The molecule has 1 amide bonds. The Labute approximate surface area is 166 Å². The van der Waals surface area contributed by atoms with Crippen molar-refractivity contribution in [1.82, 2.24) is 9.97 Å². The van der Waals surface area contributed by atoms with E-state index in [2.05, 4.69) is 15.3 Å². The highest BCUT2D eigenvalue weighted by molar-refractivity contribution is 8.00. The van der Waals surface area contributed by atoms with Crippen LogP contribution in [0.3, 0.4) is 0 Å². The van der Waals surface area contributed by atoms with Gasteiger partial charge in [0.1, 0.15) is 16.8 Å². The summed E-state index contributed by atoms with van der Waals surface area (Å²) < 4.78 is 5.58. The lowest BCUT2D eigenvalue weighted by atomic mass is 10.1. The highest BCUT2D eigenvalue weighted by atomic mass is 32.2. The van der Waals surface area contributed by atoms with Gasteiger partial charge < -0.3 is 20.8 Å². The summed E-state index contributed by atoms with van der Waals surface area (Å²) in [5.41, 5.74) is 6.64. The fraction of sp³-hybridized carbons (Fsp3) is 0.150. The number of nitrogen functional groups attached to an aromatic ring is 1. The molecule has 0 fully saturated rings. The zero-order valence-electron chi connectivity index (χ0n) is 15.2. The summed E-state index contributed by atoms with van der Waals surface area (Å²) in [4.78, 5) is 31.5. The van der Waals surface area contributed by atoms with Crippen molar-refractivity contribution in [2.24, 2.45) is 0 Å². The number of nitrogens with zero attached hydrogens (tertiary/aromatic N) is 1. The second kappa shape index (κ2) is 9.09. The molecule has 0 spiro atoms. The maximum Gasteiger partial charge on any atom is 0.253 e. The molecule has 0 bridgehead atoms. The molecule has 0 saturated carbocycles. The molecule has 7 nitrogen and oxygen atoms in total. The van der Waals surface area contributed by atoms with Gasteiger partial charge in [-0.2, -0.15) is 0 Å². The van der Waals surface area contributed by atoms with E-state index < -0.39 is 5.25 Å². The van der Waals surface area contributed by atoms with Crippen molar-refractivity contribution >= 4 is 29.2 Å². The van der Waals surface area contributed by atoms with Gasteiger partial charge in [-0.3, -0.25) is 9.59 Å². The zero-order chi connectivity index (χ0) is 19.9. The summed E-state index contributed by atoms with van der Waals surface area (Å²) in [6.45, 7) is 2.36. The van der Waals surface area contributed by atoms with E-state index >= 15 is 0 Å². The SMILES string of the molecule is CCOc1ccccc1NC(=O)[C@H](Sc1nc(N)cc(=O)[nH]1)c1ccccc1. The Balaban J connectivity index is 1.91. The number of amides is 1. The van der Waals surface area contributed by atoms with Gasteiger partial charge in [0, 0.05) is 6.07 Å². The Hall–Kier alpha value is -3.26. The number of anilines is 2. The number of nitrogens with two attached hydrogens (primary N) is 1. The lowest BCUT2D eigenvalue weighted by molar-refractivity contribution is -0.115. The average Bonchev–Trinajstić information content (AvgIpc) is 2.68. The lowest BCUT2D eigenvalue weighted by Crippen LogP contribution is -2.20. The number of hydrogen-bond acceptors (Lipinski definition) is 6.